The van der Waals surface area contributed by atoms with Gasteiger partial charge in [0.15, 0.2) is 0 Å². The molecule has 3 heteroatoms. The quantitative estimate of drug-likeness (QED) is 0.659. The van der Waals surface area contributed by atoms with E-state index in [1.54, 1.807) is 0 Å². The smallest absolute Gasteiger partial charge is 0.0900 e. The molecule has 0 fully saturated rings. The summed E-state index contributed by atoms with van der Waals surface area (Å²) in [5.74, 6) is 1.27. The molecule has 0 spiro atoms. The summed E-state index contributed by atoms with van der Waals surface area (Å²) in [6.45, 7) is 14.7. The molecule has 16 heavy (non-hydrogen) atoms. The zero-order chi connectivity index (χ0) is 12.6. The molecule has 0 amide bonds. The lowest BCUT2D eigenvalue weighted by Gasteiger charge is -2.28. The van der Waals surface area contributed by atoms with Gasteiger partial charge >= 0.3 is 0 Å². The van der Waals surface area contributed by atoms with Crippen LogP contribution in [-0.4, -0.2) is 49.0 Å². The summed E-state index contributed by atoms with van der Waals surface area (Å²) in [6.07, 6.45) is -0.363. The second-order valence-corrected chi connectivity index (χ2v) is 5.32. The van der Waals surface area contributed by atoms with Gasteiger partial charge in [-0.05, 0) is 18.8 Å². The number of aliphatic hydroxyl groups excluding tert-OH is 1. The molecule has 1 N–H and O–H groups in total. The van der Waals surface area contributed by atoms with Crippen LogP contribution in [-0.2, 0) is 4.74 Å². The van der Waals surface area contributed by atoms with Crippen molar-refractivity contribution in [1.82, 2.24) is 4.90 Å². The molecule has 0 radical (unpaired) electrons. The van der Waals surface area contributed by atoms with Gasteiger partial charge in [0, 0.05) is 26.2 Å². The first-order valence-corrected chi connectivity index (χ1v) is 6.43. The topological polar surface area (TPSA) is 32.7 Å². The number of nitrogens with zero attached hydrogens (tertiary/aromatic N) is 1. The third kappa shape index (κ3) is 9.13. The highest BCUT2D eigenvalue weighted by molar-refractivity contribution is 4.67. The van der Waals surface area contributed by atoms with Crippen molar-refractivity contribution in [2.75, 3.05) is 32.8 Å². The molecular formula is C13H29NO2. The molecule has 3 nitrogen and oxygen atoms in total. The maximum absolute atomic E-state index is 9.81. The lowest BCUT2D eigenvalue weighted by atomic mass is 10.1. The fraction of sp³-hybridized carbons (Fsp3) is 1.00. The van der Waals surface area contributed by atoms with Crippen molar-refractivity contribution in [1.29, 1.82) is 0 Å². The van der Waals surface area contributed by atoms with Gasteiger partial charge in [0.25, 0.3) is 0 Å². The van der Waals surface area contributed by atoms with Crippen LogP contribution in [0.25, 0.3) is 0 Å². The van der Waals surface area contributed by atoms with Gasteiger partial charge in [-0.2, -0.15) is 0 Å². The largest absolute Gasteiger partial charge is 0.389 e. The van der Waals surface area contributed by atoms with E-state index in [2.05, 4.69) is 32.6 Å². The van der Waals surface area contributed by atoms with Gasteiger partial charge in [-0.25, -0.2) is 0 Å². The molecule has 0 saturated heterocycles. The van der Waals surface area contributed by atoms with E-state index in [9.17, 15) is 5.11 Å². The van der Waals surface area contributed by atoms with Gasteiger partial charge in [-0.1, -0.05) is 27.7 Å². The van der Waals surface area contributed by atoms with E-state index in [0.717, 1.165) is 19.6 Å². The lowest BCUT2D eigenvalue weighted by Crippen LogP contribution is -2.39. The molecule has 0 aliphatic heterocycles. The van der Waals surface area contributed by atoms with Crippen molar-refractivity contribution in [2.45, 2.75) is 40.7 Å². The second kappa shape index (κ2) is 8.97. The SMILES string of the molecule is CCOCC(O)CN(CC(C)C)CC(C)C. The summed E-state index contributed by atoms with van der Waals surface area (Å²) in [6, 6.07) is 0. The van der Waals surface area contributed by atoms with E-state index >= 15 is 0 Å². The minimum atomic E-state index is -0.363. The Labute approximate surface area is 101 Å². The highest BCUT2D eigenvalue weighted by Gasteiger charge is 2.14. The summed E-state index contributed by atoms with van der Waals surface area (Å²) in [4.78, 5) is 2.33. The Morgan fingerprint density at radius 2 is 1.50 bits per heavy atom. The Morgan fingerprint density at radius 1 is 1.00 bits per heavy atom. The third-order valence-corrected chi connectivity index (χ3v) is 2.23. The molecule has 0 aromatic carbocycles. The summed E-state index contributed by atoms with van der Waals surface area (Å²) < 4.78 is 5.23. The summed E-state index contributed by atoms with van der Waals surface area (Å²) in [7, 11) is 0. The highest BCUT2D eigenvalue weighted by Crippen LogP contribution is 2.05. The fourth-order valence-corrected chi connectivity index (χ4v) is 1.86. The molecule has 0 aliphatic carbocycles. The predicted molar refractivity (Wildman–Crippen MR) is 68.6 cm³/mol. The normalized spacial score (nSPS) is 14.1. The summed E-state index contributed by atoms with van der Waals surface area (Å²) in [5, 5.41) is 9.81. The van der Waals surface area contributed by atoms with E-state index in [-0.39, 0.29) is 6.10 Å². The molecule has 0 rings (SSSR count). The number of hydrogen-bond acceptors (Lipinski definition) is 3. The summed E-state index contributed by atoms with van der Waals surface area (Å²) >= 11 is 0. The molecule has 0 aromatic rings. The first-order chi connectivity index (χ1) is 7.45. The van der Waals surface area contributed by atoms with E-state index in [4.69, 9.17) is 4.74 Å². The molecule has 1 atom stereocenters. The number of rotatable bonds is 9. The highest BCUT2D eigenvalue weighted by atomic mass is 16.5. The van der Waals surface area contributed by atoms with Crippen molar-refractivity contribution in [2.24, 2.45) is 11.8 Å². The van der Waals surface area contributed by atoms with Crippen LogP contribution in [0.4, 0.5) is 0 Å². The van der Waals surface area contributed by atoms with Crippen LogP contribution in [0.15, 0.2) is 0 Å². The van der Waals surface area contributed by atoms with Crippen LogP contribution in [0.2, 0.25) is 0 Å². The molecular weight excluding hydrogens is 202 g/mol. The number of aliphatic hydroxyl groups is 1. The van der Waals surface area contributed by atoms with Crippen molar-refractivity contribution >= 4 is 0 Å². The van der Waals surface area contributed by atoms with Crippen LogP contribution in [0.1, 0.15) is 34.6 Å². The Bertz CT molecular complexity index is 150. The maximum Gasteiger partial charge on any atom is 0.0900 e. The molecule has 0 aromatic heterocycles. The Hall–Kier alpha value is -0.120. The minimum Gasteiger partial charge on any atom is -0.389 e. The van der Waals surface area contributed by atoms with Crippen molar-refractivity contribution in [3.63, 3.8) is 0 Å². The standard InChI is InChI=1S/C13H29NO2/c1-6-16-10-13(15)9-14(7-11(2)3)8-12(4)5/h11-13,15H,6-10H2,1-5H3. The summed E-state index contributed by atoms with van der Waals surface area (Å²) in [5.41, 5.74) is 0. The Balaban J connectivity index is 3.98. The van der Waals surface area contributed by atoms with Gasteiger partial charge in [0.1, 0.15) is 0 Å². The van der Waals surface area contributed by atoms with Gasteiger partial charge in [0.2, 0.25) is 0 Å². The predicted octanol–water partition coefficient (Wildman–Crippen LogP) is 2.00. The van der Waals surface area contributed by atoms with E-state index in [0.29, 0.717) is 25.0 Å². The fourth-order valence-electron chi connectivity index (χ4n) is 1.86. The average Bonchev–Trinajstić information content (AvgIpc) is 2.12. The van der Waals surface area contributed by atoms with Gasteiger partial charge < -0.3 is 14.7 Å². The van der Waals surface area contributed by atoms with E-state index in [1.165, 1.54) is 0 Å². The van der Waals surface area contributed by atoms with Crippen molar-refractivity contribution in [3.05, 3.63) is 0 Å². The van der Waals surface area contributed by atoms with Crippen LogP contribution >= 0.6 is 0 Å². The van der Waals surface area contributed by atoms with Crippen LogP contribution in [0, 0.1) is 11.8 Å². The first kappa shape index (κ1) is 15.9. The molecule has 98 valence electrons. The molecule has 0 heterocycles. The number of ether oxygens (including phenoxy) is 1. The lowest BCUT2D eigenvalue weighted by molar-refractivity contribution is 0.0170. The zero-order valence-corrected chi connectivity index (χ0v) is 11.6. The number of hydrogen-bond donors (Lipinski definition) is 1. The Kier molecular flexibility index (Phi) is 8.90. The molecule has 1 unspecified atom stereocenters. The average molecular weight is 231 g/mol. The Morgan fingerprint density at radius 3 is 1.88 bits per heavy atom. The second-order valence-electron chi connectivity index (χ2n) is 5.32. The van der Waals surface area contributed by atoms with Crippen LogP contribution < -0.4 is 0 Å². The van der Waals surface area contributed by atoms with Gasteiger partial charge in [-0.3, -0.25) is 0 Å². The van der Waals surface area contributed by atoms with E-state index in [1.807, 2.05) is 6.92 Å². The maximum atomic E-state index is 9.81. The first-order valence-electron chi connectivity index (χ1n) is 6.43. The molecule has 0 saturated carbocycles. The van der Waals surface area contributed by atoms with E-state index < -0.39 is 0 Å². The zero-order valence-electron chi connectivity index (χ0n) is 11.6. The van der Waals surface area contributed by atoms with Crippen LogP contribution in [0.5, 0.6) is 0 Å². The monoisotopic (exact) mass is 231 g/mol. The molecule has 0 bridgehead atoms. The van der Waals surface area contributed by atoms with Crippen LogP contribution in [0.3, 0.4) is 0 Å². The molecule has 0 aliphatic rings. The van der Waals surface area contributed by atoms with Gasteiger partial charge in [-0.15, -0.1) is 0 Å². The van der Waals surface area contributed by atoms with Crippen molar-refractivity contribution in [3.8, 4) is 0 Å². The minimum absolute atomic E-state index is 0.363. The van der Waals surface area contributed by atoms with Crippen molar-refractivity contribution < 1.29 is 9.84 Å². The van der Waals surface area contributed by atoms with Gasteiger partial charge in [0.05, 0.1) is 12.7 Å². The third-order valence-electron chi connectivity index (χ3n) is 2.23.